The van der Waals surface area contributed by atoms with E-state index in [1.807, 2.05) is 54.6 Å². The highest BCUT2D eigenvalue weighted by atomic mass is 16.5. The molecule has 0 bridgehead atoms. The van der Waals surface area contributed by atoms with Crippen LogP contribution in [0.25, 0.3) is 0 Å². The van der Waals surface area contributed by atoms with Crippen LogP contribution in [-0.2, 0) is 0 Å². The molecule has 0 aliphatic rings. The maximum atomic E-state index is 10.3. The zero-order chi connectivity index (χ0) is 19.8. The molecule has 3 aromatic rings. The maximum Gasteiger partial charge on any atom is 0.193 e. The molecule has 3 rings (SSSR count). The van der Waals surface area contributed by atoms with Crippen LogP contribution in [0.4, 0.5) is 5.69 Å². The van der Waals surface area contributed by atoms with Gasteiger partial charge in [0.15, 0.2) is 5.96 Å². The standard InChI is InChI=1S/C22H23N3O3/c1-27-18-12-10-16(11-13-18)21(26)15-24-22(23)25-17-6-5-9-20(14-17)28-19-7-3-2-4-8-19/h2-14,21,26H,15H2,1H3,(H3,23,24,25). The number of para-hydroxylation sites is 1. The number of guanidine groups is 1. The first-order valence-corrected chi connectivity index (χ1v) is 8.86. The number of nitrogens with zero attached hydrogens (tertiary/aromatic N) is 1. The minimum absolute atomic E-state index is 0.144. The summed E-state index contributed by atoms with van der Waals surface area (Å²) in [5.41, 5.74) is 7.44. The number of rotatable bonds is 7. The predicted molar refractivity (Wildman–Crippen MR) is 111 cm³/mol. The zero-order valence-corrected chi connectivity index (χ0v) is 15.6. The lowest BCUT2D eigenvalue weighted by molar-refractivity contribution is 0.187. The third-order valence-electron chi connectivity index (χ3n) is 4.02. The third-order valence-corrected chi connectivity index (χ3v) is 4.02. The molecule has 0 aliphatic heterocycles. The quantitative estimate of drug-likeness (QED) is 0.429. The van der Waals surface area contributed by atoms with Crippen molar-refractivity contribution >= 4 is 11.6 Å². The number of aliphatic hydroxyl groups is 1. The van der Waals surface area contributed by atoms with Crippen LogP contribution < -0.4 is 20.5 Å². The Bertz CT molecular complexity index is 912. The van der Waals surface area contributed by atoms with E-state index in [-0.39, 0.29) is 12.5 Å². The molecule has 0 fully saturated rings. The van der Waals surface area contributed by atoms with Crippen LogP contribution in [0.3, 0.4) is 0 Å². The van der Waals surface area contributed by atoms with Crippen LogP contribution in [0.15, 0.2) is 83.9 Å². The van der Waals surface area contributed by atoms with Gasteiger partial charge in [-0.1, -0.05) is 36.4 Å². The van der Waals surface area contributed by atoms with Crippen molar-refractivity contribution in [1.82, 2.24) is 0 Å². The van der Waals surface area contributed by atoms with Crippen LogP contribution in [0.2, 0.25) is 0 Å². The fourth-order valence-corrected chi connectivity index (χ4v) is 2.57. The smallest absolute Gasteiger partial charge is 0.193 e. The van der Waals surface area contributed by atoms with Crippen molar-refractivity contribution in [1.29, 1.82) is 0 Å². The number of anilines is 1. The number of methoxy groups -OCH3 is 1. The van der Waals surface area contributed by atoms with E-state index in [1.165, 1.54) is 0 Å². The van der Waals surface area contributed by atoms with Crippen LogP contribution in [0.1, 0.15) is 11.7 Å². The summed E-state index contributed by atoms with van der Waals surface area (Å²) in [5, 5.41) is 13.3. The Kier molecular flexibility index (Phi) is 6.49. The fourth-order valence-electron chi connectivity index (χ4n) is 2.57. The summed E-state index contributed by atoms with van der Waals surface area (Å²) in [6.45, 7) is 0.144. The molecule has 6 heteroatoms. The Morgan fingerprint density at radius 2 is 1.68 bits per heavy atom. The van der Waals surface area contributed by atoms with Crippen molar-refractivity contribution < 1.29 is 14.6 Å². The van der Waals surface area contributed by atoms with Gasteiger partial charge < -0.3 is 25.6 Å². The van der Waals surface area contributed by atoms with Crippen molar-refractivity contribution in [3.05, 3.63) is 84.4 Å². The molecule has 3 aromatic carbocycles. The largest absolute Gasteiger partial charge is 0.497 e. The second-order valence-corrected chi connectivity index (χ2v) is 6.08. The van der Waals surface area contributed by atoms with E-state index in [1.54, 1.807) is 31.4 Å². The van der Waals surface area contributed by atoms with Gasteiger partial charge in [0.1, 0.15) is 17.2 Å². The molecule has 0 spiro atoms. The zero-order valence-electron chi connectivity index (χ0n) is 15.6. The van der Waals surface area contributed by atoms with Gasteiger partial charge in [-0.25, -0.2) is 0 Å². The summed E-state index contributed by atoms with van der Waals surface area (Å²) in [6.07, 6.45) is -0.751. The normalized spacial score (nSPS) is 12.3. The monoisotopic (exact) mass is 377 g/mol. The summed E-state index contributed by atoms with van der Waals surface area (Å²) >= 11 is 0. The Labute approximate surface area is 164 Å². The van der Waals surface area contributed by atoms with Gasteiger partial charge in [-0.2, -0.15) is 0 Å². The summed E-state index contributed by atoms with van der Waals surface area (Å²) in [4.78, 5) is 4.21. The van der Waals surface area contributed by atoms with E-state index in [4.69, 9.17) is 15.2 Å². The fraction of sp³-hybridized carbons (Fsp3) is 0.136. The predicted octanol–water partition coefficient (Wildman–Crippen LogP) is 3.95. The number of ether oxygens (including phenoxy) is 2. The van der Waals surface area contributed by atoms with Crippen LogP contribution in [0, 0.1) is 0 Å². The molecule has 0 amide bonds. The topological polar surface area (TPSA) is 89.1 Å². The van der Waals surface area contributed by atoms with E-state index in [2.05, 4.69) is 10.3 Å². The number of hydrogen-bond donors (Lipinski definition) is 3. The van der Waals surface area contributed by atoms with Crippen molar-refractivity contribution in [3.8, 4) is 17.2 Å². The van der Waals surface area contributed by atoms with Gasteiger partial charge in [-0.05, 0) is 42.0 Å². The highest BCUT2D eigenvalue weighted by molar-refractivity contribution is 5.92. The summed E-state index contributed by atoms with van der Waals surface area (Å²) in [6, 6.07) is 24.1. The molecule has 0 heterocycles. The molecular formula is C22H23N3O3. The number of nitrogens with one attached hydrogen (secondary N) is 1. The maximum absolute atomic E-state index is 10.3. The summed E-state index contributed by atoms with van der Waals surface area (Å²) in [7, 11) is 1.60. The van der Waals surface area contributed by atoms with Gasteiger partial charge in [0.05, 0.1) is 19.8 Å². The first kappa shape index (κ1) is 19.3. The molecular weight excluding hydrogens is 354 g/mol. The SMILES string of the molecule is COc1ccc(C(O)CN=C(N)Nc2cccc(Oc3ccccc3)c2)cc1. The number of benzene rings is 3. The van der Waals surface area contributed by atoms with Crippen LogP contribution in [-0.4, -0.2) is 24.7 Å². The van der Waals surface area contributed by atoms with Crippen molar-refractivity contribution in [3.63, 3.8) is 0 Å². The Morgan fingerprint density at radius 1 is 0.964 bits per heavy atom. The van der Waals surface area contributed by atoms with Gasteiger partial charge in [0, 0.05) is 11.8 Å². The summed E-state index contributed by atoms with van der Waals surface area (Å²) in [5.74, 6) is 2.38. The lowest BCUT2D eigenvalue weighted by Gasteiger charge is -2.11. The molecule has 144 valence electrons. The van der Waals surface area contributed by atoms with Gasteiger partial charge >= 0.3 is 0 Å². The number of nitrogens with two attached hydrogens (primary N) is 1. The minimum Gasteiger partial charge on any atom is -0.497 e. The van der Waals surface area contributed by atoms with Gasteiger partial charge in [0.2, 0.25) is 0 Å². The molecule has 1 atom stereocenters. The molecule has 4 N–H and O–H groups in total. The highest BCUT2D eigenvalue weighted by Gasteiger charge is 2.07. The number of aliphatic hydroxyl groups excluding tert-OH is 1. The molecule has 0 saturated carbocycles. The van der Waals surface area contributed by atoms with Gasteiger partial charge in [-0.15, -0.1) is 0 Å². The number of hydrogen-bond acceptors (Lipinski definition) is 4. The lowest BCUT2D eigenvalue weighted by atomic mass is 10.1. The van der Waals surface area contributed by atoms with E-state index in [0.717, 1.165) is 22.7 Å². The van der Waals surface area contributed by atoms with E-state index in [0.29, 0.717) is 5.75 Å². The molecule has 0 aromatic heterocycles. The lowest BCUT2D eigenvalue weighted by Crippen LogP contribution is -2.23. The average Bonchev–Trinajstić information content (AvgIpc) is 2.73. The van der Waals surface area contributed by atoms with Crippen LogP contribution in [0.5, 0.6) is 17.2 Å². The highest BCUT2D eigenvalue weighted by Crippen LogP contribution is 2.24. The second-order valence-electron chi connectivity index (χ2n) is 6.08. The van der Waals surface area contributed by atoms with Crippen molar-refractivity contribution in [2.45, 2.75) is 6.10 Å². The molecule has 0 aliphatic carbocycles. The molecule has 28 heavy (non-hydrogen) atoms. The van der Waals surface area contributed by atoms with Crippen molar-refractivity contribution in [2.75, 3.05) is 19.0 Å². The Hall–Kier alpha value is -3.51. The van der Waals surface area contributed by atoms with Gasteiger partial charge in [-0.3, -0.25) is 4.99 Å². The number of aliphatic imine (C=N–C) groups is 1. The van der Waals surface area contributed by atoms with Crippen LogP contribution >= 0.6 is 0 Å². The molecule has 0 saturated heterocycles. The second kappa shape index (κ2) is 9.43. The molecule has 0 radical (unpaired) electrons. The molecule has 6 nitrogen and oxygen atoms in total. The van der Waals surface area contributed by atoms with E-state index < -0.39 is 6.10 Å². The van der Waals surface area contributed by atoms with Gasteiger partial charge in [0.25, 0.3) is 0 Å². The van der Waals surface area contributed by atoms with E-state index >= 15 is 0 Å². The van der Waals surface area contributed by atoms with Crippen molar-refractivity contribution in [2.24, 2.45) is 10.7 Å². The Balaban J connectivity index is 1.58. The molecule has 1 unspecified atom stereocenters. The Morgan fingerprint density at radius 3 is 2.39 bits per heavy atom. The first-order chi connectivity index (χ1) is 13.6. The van der Waals surface area contributed by atoms with E-state index in [9.17, 15) is 5.11 Å². The first-order valence-electron chi connectivity index (χ1n) is 8.86. The summed E-state index contributed by atoms with van der Waals surface area (Å²) < 4.78 is 10.9. The average molecular weight is 377 g/mol. The third kappa shape index (κ3) is 5.49. The minimum atomic E-state index is -0.751.